The highest BCUT2D eigenvalue weighted by Crippen LogP contribution is 2.41. The molecule has 0 aliphatic rings. The minimum atomic E-state index is -4.47. The number of carboxylic acid groups (broad SMARTS) is 1. The number of carboxylic acids is 1. The molecule has 0 radical (unpaired) electrons. The topological polar surface area (TPSA) is 42.2 Å². The smallest absolute Gasteiger partial charge is 0.416 e. The minimum Gasteiger partial charge on any atom is -0.477 e. The van der Waals surface area contributed by atoms with Crippen LogP contribution in [0.2, 0.25) is 0 Å². The number of rotatable bonds is 4. The Hall–Kier alpha value is -3.58. The van der Waals surface area contributed by atoms with E-state index >= 15 is 0 Å². The zero-order chi connectivity index (χ0) is 22.5. The maximum absolute atomic E-state index is 13.2. The van der Waals surface area contributed by atoms with Gasteiger partial charge in [-0.25, -0.2) is 4.79 Å². The van der Waals surface area contributed by atoms with Gasteiger partial charge in [0.05, 0.1) is 5.56 Å². The van der Waals surface area contributed by atoms with Crippen molar-refractivity contribution < 1.29 is 23.1 Å². The first kappa shape index (κ1) is 20.3. The predicted octanol–water partition coefficient (Wildman–Crippen LogP) is 7.29. The molecule has 0 saturated carbocycles. The third kappa shape index (κ3) is 3.44. The van der Waals surface area contributed by atoms with Gasteiger partial charge in [0.25, 0.3) is 0 Å². The number of para-hydroxylation sites is 1. The summed E-state index contributed by atoms with van der Waals surface area (Å²) >= 11 is 1.50. The third-order valence-corrected chi connectivity index (χ3v) is 6.57. The number of aromatic carboxylic acids is 1. The molecule has 160 valence electrons. The number of halogens is 3. The second-order valence-electron chi connectivity index (χ2n) is 7.48. The second-order valence-corrected chi connectivity index (χ2v) is 8.56. The van der Waals surface area contributed by atoms with Gasteiger partial charge in [0.15, 0.2) is 0 Å². The van der Waals surface area contributed by atoms with E-state index < -0.39 is 17.7 Å². The van der Waals surface area contributed by atoms with E-state index in [0.717, 1.165) is 32.5 Å². The third-order valence-electron chi connectivity index (χ3n) is 5.44. The van der Waals surface area contributed by atoms with Crippen LogP contribution in [0.15, 0.2) is 78.9 Å². The normalized spacial score (nSPS) is 12.0. The van der Waals surface area contributed by atoms with Crippen LogP contribution in [-0.4, -0.2) is 15.6 Å². The van der Waals surface area contributed by atoms with Crippen molar-refractivity contribution in [2.24, 2.45) is 0 Å². The molecular formula is C25H16F3NO2S. The highest BCUT2D eigenvalue weighted by molar-refractivity contribution is 7.22. The van der Waals surface area contributed by atoms with E-state index in [1.807, 2.05) is 42.5 Å². The van der Waals surface area contributed by atoms with Gasteiger partial charge in [-0.3, -0.25) is 0 Å². The molecule has 0 fully saturated rings. The standard InChI is InChI=1S/C25H16F3NO2S/c26-25(27,28)17-8-5-6-15(12-17)14-29-19-10-3-2-9-18(19)22(23(29)24(30)31)21-13-16-7-1-4-11-20(16)32-21/h1-13H,14H2,(H,30,31). The molecule has 0 amide bonds. The van der Waals surface area contributed by atoms with Crippen LogP contribution in [0.3, 0.4) is 0 Å². The molecule has 32 heavy (non-hydrogen) atoms. The number of nitrogens with zero attached hydrogens (tertiary/aromatic N) is 1. The first-order valence-corrected chi connectivity index (χ1v) is 10.6. The lowest BCUT2D eigenvalue weighted by atomic mass is 10.1. The van der Waals surface area contributed by atoms with Crippen molar-refractivity contribution in [2.75, 3.05) is 0 Å². The van der Waals surface area contributed by atoms with E-state index in [1.54, 1.807) is 22.8 Å². The molecule has 0 unspecified atom stereocenters. The molecule has 1 N–H and O–H groups in total. The number of aromatic nitrogens is 1. The Kier molecular flexibility index (Phi) is 4.78. The number of hydrogen-bond donors (Lipinski definition) is 1. The maximum Gasteiger partial charge on any atom is 0.416 e. The summed E-state index contributed by atoms with van der Waals surface area (Å²) in [6.07, 6.45) is -4.47. The van der Waals surface area contributed by atoms with Crippen molar-refractivity contribution in [1.29, 1.82) is 0 Å². The van der Waals surface area contributed by atoms with Crippen molar-refractivity contribution in [3.05, 3.63) is 95.7 Å². The highest BCUT2D eigenvalue weighted by atomic mass is 32.1. The lowest BCUT2D eigenvalue weighted by Gasteiger charge is -2.12. The first-order valence-electron chi connectivity index (χ1n) is 9.82. The fourth-order valence-electron chi connectivity index (χ4n) is 4.07. The molecule has 0 saturated heterocycles. The molecule has 0 bridgehead atoms. The van der Waals surface area contributed by atoms with Crippen molar-refractivity contribution in [2.45, 2.75) is 12.7 Å². The molecule has 7 heteroatoms. The SMILES string of the molecule is O=C(O)c1c(-c2cc3ccccc3s2)c2ccccc2n1Cc1cccc(C(F)(F)F)c1. The zero-order valence-electron chi connectivity index (χ0n) is 16.6. The quantitative estimate of drug-likeness (QED) is 0.312. The first-order chi connectivity index (χ1) is 15.3. The summed E-state index contributed by atoms with van der Waals surface area (Å²) in [6, 6.07) is 22.0. The van der Waals surface area contributed by atoms with Crippen LogP contribution in [0.4, 0.5) is 13.2 Å². The Balaban J connectivity index is 1.74. The lowest BCUT2D eigenvalue weighted by Crippen LogP contribution is -2.11. The van der Waals surface area contributed by atoms with Gasteiger partial charge in [0.2, 0.25) is 0 Å². The molecule has 0 spiro atoms. The van der Waals surface area contributed by atoms with Crippen LogP contribution in [0.5, 0.6) is 0 Å². The highest BCUT2D eigenvalue weighted by Gasteiger charge is 2.31. The van der Waals surface area contributed by atoms with Crippen molar-refractivity contribution in [3.8, 4) is 10.4 Å². The van der Waals surface area contributed by atoms with Crippen LogP contribution in [-0.2, 0) is 12.7 Å². The molecule has 2 aromatic heterocycles. The predicted molar refractivity (Wildman–Crippen MR) is 120 cm³/mol. The summed E-state index contributed by atoms with van der Waals surface area (Å²) in [5.41, 5.74) is 0.935. The Morgan fingerprint density at radius 2 is 1.69 bits per heavy atom. The minimum absolute atomic E-state index is 0.0109. The Bertz CT molecular complexity index is 1450. The number of hydrogen-bond acceptors (Lipinski definition) is 2. The molecular weight excluding hydrogens is 435 g/mol. The molecule has 0 atom stereocenters. The molecule has 3 aromatic carbocycles. The summed E-state index contributed by atoms with van der Waals surface area (Å²) < 4.78 is 42.2. The van der Waals surface area contributed by atoms with Gasteiger partial charge in [-0.05, 0) is 41.3 Å². The monoisotopic (exact) mass is 451 g/mol. The average molecular weight is 451 g/mol. The number of alkyl halides is 3. The maximum atomic E-state index is 13.2. The molecule has 5 aromatic rings. The van der Waals surface area contributed by atoms with Crippen molar-refractivity contribution >= 4 is 38.3 Å². The van der Waals surface area contributed by atoms with Gasteiger partial charge in [-0.2, -0.15) is 13.2 Å². The average Bonchev–Trinajstić information content (AvgIpc) is 3.32. The lowest BCUT2D eigenvalue weighted by molar-refractivity contribution is -0.137. The van der Waals surface area contributed by atoms with Crippen molar-refractivity contribution in [3.63, 3.8) is 0 Å². The van der Waals surface area contributed by atoms with E-state index in [9.17, 15) is 23.1 Å². The number of carbonyl (C=O) groups is 1. The van der Waals surface area contributed by atoms with Crippen LogP contribution >= 0.6 is 11.3 Å². The fraction of sp³-hybridized carbons (Fsp3) is 0.0800. The van der Waals surface area contributed by atoms with Gasteiger partial charge in [0.1, 0.15) is 5.69 Å². The number of fused-ring (bicyclic) bond motifs is 2. The summed E-state index contributed by atoms with van der Waals surface area (Å²) in [6.45, 7) is 0.0109. The fourth-order valence-corrected chi connectivity index (χ4v) is 5.20. The largest absolute Gasteiger partial charge is 0.477 e. The van der Waals surface area contributed by atoms with E-state index in [0.29, 0.717) is 16.6 Å². The van der Waals surface area contributed by atoms with Gasteiger partial charge in [-0.15, -0.1) is 11.3 Å². The summed E-state index contributed by atoms with van der Waals surface area (Å²) in [4.78, 5) is 13.2. The Morgan fingerprint density at radius 1 is 0.938 bits per heavy atom. The summed E-state index contributed by atoms with van der Waals surface area (Å²) in [5, 5.41) is 11.9. The summed E-state index contributed by atoms with van der Waals surface area (Å²) in [7, 11) is 0. The molecule has 0 aliphatic heterocycles. The molecule has 0 aliphatic carbocycles. The second kappa shape index (κ2) is 7.53. The van der Waals surface area contributed by atoms with Crippen LogP contribution in [0.1, 0.15) is 21.6 Å². The molecule has 2 heterocycles. The van der Waals surface area contributed by atoms with Crippen molar-refractivity contribution in [1.82, 2.24) is 4.57 Å². The van der Waals surface area contributed by atoms with E-state index in [-0.39, 0.29) is 12.2 Å². The number of benzene rings is 3. The van der Waals surface area contributed by atoms with Crippen LogP contribution < -0.4 is 0 Å². The number of thiophene rings is 1. The van der Waals surface area contributed by atoms with Gasteiger partial charge < -0.3 is 9.67 Å². The van der Waals surface area contributed by atoms with E-state index in [2.05, 4.69) is 0 Å². The zero-order valence-corrected chi connectivity index (χ0v) is 17.4. The molecule has 3 nitrogen and oxygen atoms in total. The Morgan fingerprint density at radius 3 is 2.44 bits per heavy atom. The van der Waals surface area contributed by atoms with Gasteiger partial charge in [-0.1, -0.05) is 48.5 Å². The van der Waals surface area contributed by atoms with E-state index in [1.165, 1.54) is 17.4 Å². The van der Waals surface area contributed by atoms with Crippen LogP contribution in [0, 0.1) is 0 Å². The van der Waals surface area contributed by atoms with Crippen LogP contribution in [0.25, 0.3) is 31.4 Å². The van der Waals surface area contributed by atoms with Gasteiger partial charge >= 0.3 is 12.1 Å². The summed E-state index contributed by atoms with van der Waals surface area (Å²) in [5.74, 6) is -1.12. The Labute approximate surface area is 185 Å². The van der Waals surface area contributed by atoms with Gasteiger partial charge in [0, 0.05) is 32.6 Å². The van der Waals surface area contributed by atoms with E-state index in [4.69, 9.17) is 0 Å². The molecule has 5 rings (SSSR count).